The summed E-state index contributed by atoms with van der Waals surface area (Å²) in [4.78, 5) is 0. The van der Waals surface area contributed by atoms with Crippen LogP contribution in [0.4, 0.5) is 30.7 Å². The van der Waals surface area contributed by atoms with Crippen molar-refractivity contribution in [1.82, 2.24) is 5.43 Å². The molecule has 0 saturated carbocycles. The maximum absolute atomic E-state index is 13.0. The lowest BCUT2D eigenvalue weighted by Gasteiger charge is -2.27. The molecule has 24 heavy (non-hydrogen) atoms. The summed E-state index contributed by atoms with van der Waals surface area (Å²) < 4.78 is 93.0. The first-order chi connectivity index (χ1) is 10.9. The van der Waals surface area contributed by atoms with Gasteiger partial charge in [-0.05, 0) is 18.2 Å². The number of halogens is 8. The van der Waals surface area contributed by atoms with E-state index in [-0.39, 0.29) is 17.9 Å². The third kappa shape index (κ3) is 4.62. The van der Waals surface area contributed by atoms with Crippen molar-refractivity contribution < 1.29 is 35.5 Å². The molecule has 0 saturated heterocycles. The van der Waals surface area contributed by atoms with Gasteiger partial charge in [-0.2, -0.15) is 35.8 Å². The number of nitrogens with one attached hydrogen (secondary N) is 1. The van der Waals surface area contributed by atoms with Crippen molar-refractivity contribution in [3.63, 3.8) is 0 Å². The van der Waals surface area contributed by atoms with Crippen molar-refractivity contribution in [2.75, 3.05) is 6.61 Å². The second kappa shape index (κ2) is 7.41. The zero-order valence-electron chi connectivity index (χ0n) is 11.7. The summed E-state index contributed by atoms with van der Waals surface area (Å²) in [6.45, 7) is 3.45. The van der Waals surface area contributed by atoms with Crippen LogP contribution < -0.4 is 10.2 Å². The van der Waals surface area contributed by atoms with Crippen LogP contribution in [0.2, 0.25) is 0 Å². The molecule has 0 aliphatic carbocycles. The number of hydrogen-bond donors (Lipinski definition) is 1. The van der Waals surface area contributed by atoms with Gasteiger partial charge in [-0.3, -0.25) is 0 Å². The van der Waals surface area contributed by atoms with Crippen LogP contribution in [-0.2, 0) is 0 Å². The lowest BCUT2D eigenvalue weighted by Crippen LogP contribution is -2.58. The van der Waals surface area contributed by atoms with Gasteiger partial charge in [0.25, 0.3) is 0 Å². The van der Waals surface area contributed by atoms with E-state index >= 15 is 0 Å². The number of benzene rings is 1. The van der Waals surface area contributed by atoms with E-state index < -0.39 is 18.1 Å². The van der Waals surface area contributed by atoms with Gasteiger partial charge in [0, 0.05) is 10.0 Å². The maximum atomic E-state index is 13.0. The summed E-state index contributed by atoms with van der Waals surface area (Å²) in [6.07, 6.45) is -4.42. The average molecular weight is 423 g/mol. The Morgan fingerprint density at radius 3 is 2.33 bits per heavy atom. The Kier molecular flexibility index (Phi) is 6.26. The number of ether oxygens (including phenoxy) is 1. The molecule has 134 valence electrons. The van der Waals surface area contributed by atoms with Gasteiger partial charge >= 0.3 is 18.1 Å². The smallest absolute Gasteiger partial charge is 0.462 e. The summed E-state index contributed by atoms with van der Waals surface area (Å²) in [5.41, 5.74) is 0.592. The van der Waals surface area contributed by atoms with Gasteiger partial charge in [-0.15, -0.1) is 0 Å². The topological polar surface area (TPSA) is 33.6 Å². The Balaban J connectivity index is 2.98. The van der Waals surface area contributed by atoms with Crippen LogP contribution in [0.5, 0.6) is 5.75 Å². The monoisotopic (exact) mass is 422 g/mol. The van der Waals surface area contributed by atoms with E-state index in [1.54, 1.807) is 0 Å². The van der Waals surface area contributed by atoms with Crippen LogP contribution in [0.3, 0.4) is 0 Å². The van der Waals surface area contributed by atoms with Crippen molar-refractivity contribution in [3.8, 4) is 5.75 Å². The van der Waals surface area contributed by atoms with E-state index in [1.165, 1.54) is 24.3 Å². The van der Waals surface area contributed by atoms with Crippen molar-refractivity contribution in [2.45, 2.75) is 18.1 Å². The molecular formula is C13H10BrF7N2O. The van der Waals surface area contributed by atoms with E-state index in [1.807, 2.05) is 0 Å². The summed E-state index contributed by atoms with van der Waals surface area (Å²) in [7, 11) is 0. The highest BCUT2D eigenvalue weighted by Crippen LogP contribution is 2.45. The zero-order valence-corrected chi connectivity index (χ0v) is 13.3. The largest absolute Gasteiger partial charge is 0.489 e. The van der Waals surface area contributed by atoms with Crippen molar-refractivity contribution >= 4 is 22.1 Å². The molecule has 0 radical (unpaired) electrons. The molecule has 0 amide bonds. The second-order valence-electron chi connectivity index (χ2n) is 4.30. The lowest BCUT2D eigenvalue weighted by molar-refractivity contribution is -0.361. The lowest BCUT2D eigenvalue weighted by atomic mass is 10.2. The minimum absolute atomic E-state index is 0.0538. The summed E-state index contributed by atoms with van der Waals surface area (Å²) in [6, 6.07) is -1.34. The normalized spacial score (nSPS) is 13.2. The summed E-state index contributed by atoms with van der Waals surface area (Å²) in [5, 5.41) is 2.77. The van der Waals surface area contributed by atoms with Crippen LogP contribution >= 0.6 is 15.9 Å². The molecule has 0 aliphatic rings. The molecule has 0 fully saturated rings. The second-order valence-corrected chi connectivity index (χ2v) is 5.21. The highest BCUT2D eigenvalue weighted by Gasteiger charge is 2.73. The minimum atomic E-state index is -6.44. The highest BCUT2D eigenvalue weighted by molar-refractivity contribution is 9.10. The van der Waals surface area contributed by atoms with E-state index in [2.05, 4.69) is 27.6 Å². The SMILES string of the molecule is C=CCOc1ccc(Br)cc1/C=N\NC(F)(F)C(F)(F)C(F)(F)F. The van der Waals surface area contributed by atoms with Crippen LogP contribution in [0.15, 0.2) is 40.4 Å². The Hall–Kier alpha value is -1.78. The van der Waals surface area contributed by atoms with Gasteiger partial charge in [0.1, 0.15) is 12.4 Å². The number of nitrogens with zero attached hydrogens (tertiary/aromatic N) is 1. The molecule has 1 rings (SSSR count). The van der Waals surface area contributed by atoms with Crippen molar-refractivity contribution in [2.24, 2.45) is 5.10 Å². The maximum Gasteiger partial charge on any atom is 0.462 e. The van der Waals surface area contributed by atoms with E-state index in [0.717, 1.165) is 0 Å². The Morgan fingerprint density at radius 2 is 1.79 bits per heavy atom. The summed E-state index contributed by atoms with van der Waals surface area (Å²) >= 11 is 3.08. The molecule has 11 heteroatoms. The fourth-order valence-electron chi connectivity index (χ4n) is 1.33. The predicted molar refractivity (Wildman–Crippen MR) is 76.5 cm³/mol. The molecular weight excluding hydrogens is 413 g/mol. The number of hydrogen-bond acceptors (Lipinski definition) is 3. The van der Waals surface area contributed by atoms with Crippen LogP contribution in [0.25, 0.3) is 0 Å². The third-order valence-electron chi connectivity index (χ3n) is 2.49. The minimum Gasteiger partial charge on any atom is -0.489 e. The van der Waals surface area contributed by atoms with Crippen molar-refractivity contribution in [3.05, 3.63) is 40.9 Å². The van der Waals surface area contributed by atoms with E-state index in [0.29, 0.717) is 16.1 Å². The fourth-order valence-corrected chi connectivity index (χ4v) is 1.71. The van der Waals surface area contributed by atoms with Crippen LogP contribution in [0.1, 0.15) is 5.56 Å². The fraction of sp³-hybridized carbons (Fsp3) is 0.308. The van der Waals surface area contributed by atoms with Crippen molar-refractivity contribution in [1.29, 1.82) is 0 Å². The molecule has 0 unspecified atom stereocenters. The van der Waals surface area contributed by atoms with Crippen LogP contribution in [-0.4, -0.2) is 31.0 Å². The van der Waals surface area contributed by atoms with Gasteiger partial charge in [0.05, 0.1) is 6.21 Å². The Morgan fingerprint density at radius 1 is 1.17 bits per heavy atom. The van der Waals surface area contributed by atoms with Gasteiger partial charge in [-0.25, -0.2) is 5.43 Å². The molecule has 1 N–H and O–H groups in total. The number of rotatable bonds is 7. The zero-order chi connectivity index (χ0) is 18.6. The molecule has 0 bridgehead atoms. The molecule has 0 aromatic heterocycles. The van der Waals surface area contributed by atoms with Gasteiger partial charge in [-0.1, -0.05) is 28.6 Å². The first-order valence-corrected chi connectivity index (χ1v) is 6.87. The van der Waals surface area contributed by atoms with Gasteiger partial charge < -0.3 is 4.74 Å². The quantitative estimate of drug-likeness (QED) is 0.226. The number of alkyl halides is 7. The summed E-state index contributed by atoms with van der Waals surface area (Å²) in [5.74, 6) is -6.16. The molecule has 1 aromatic carbocycles. The van der Waals surface area contributed by atoms with E-state index in [9.17, 15) is 30.7 Å². The third-order valence-corrected chi connectivity index (χ3v) is 2.98. The molecule has 0 atom stereocenters. The first-order valence-electron chi connectivity index (χ1n) is 6.08. The number of hydrazone groups is 1. The average Bonchev–Trinajstić information content (AvgIpc) is 2.45. The highest BCUT2D eigenvalue weighted by atomic mass is 79.9. The van der Waals surface area contributed by atoms with Gasteiger partial charge in [0.15, 0.2) is 0 Å². The predicted octanol–water partition coefficient (Wildman–Crippen LogP) is 4.73. The standard InChI is InChI=1S/C13H10BrF7N2O/c1-2-5-24-10-4-3-9(14)6-8(10)7-22-23-13(20,21)11(15,16)12(17,18)19/h2-4,6-7,23H,1,5H2/b22-7-. The van der Waals surface area contributed by atoms with E-state index in [4.69, 9.17) is 4.74 Å². The molecule has 3 nitrogen and oxygen atoms in total. The van der Waals surface area contributed by atoms with Crippen LogP contribution in [0, 0.1) is 0 Å². The molecule has 0 heterocycles. The molecule has 1 aromatic rings. The Labute approximate surface area is 140 Å². The molecule has 0 aliphatic heterocycles. The first kappa shape index (κ1) is 20.3. The molecule has 0 spiro atoms. The van der Waals surface area contributed by atoms with Gasteiger partial charge in [0.2, 0.25) is 0 Å². The Bertz CT molecular complexity index is 617.